The van der Waals surface area contributed by atoms with Crippen molar-refractivity contribution < 1.29 is 19.1 Å². The third-order valence-corrected chi connectivity index (χ3v) is 2.92. The molecule has 0 bridgehead atoms. The van der Waals surface area contributed by atoms with Gasteiger partial charge in [-0.15, -0.1) is 0 Å². The fourth-order valence-electron chi connectivity index (χ4n) is 2.06. The van der Waals surface area contributed by atoms with Crippen molar-refractivity contribution in [2.45, 2.75) is 19.4 Å². The zero-order valence-corrected chi connectivity index (χ0v) is 10.1. The highest BCUT2D eigenvalue weighted by atomic mass is 16.5. The Hall–Kier alpha value is -2.23. The van der Waals surface area contributed by atoms with Gasteiger partial charge in [-0.05, 0) is 44.2 Å². The molecule has 0 aliphatic carbocycles. The lowest BCUT2D eigenvalue weighted by atomic mass is 10.0. The molecule has 4 nitrogen and oxygen atoms in total. The molecule has 1 aromatic carbocycles. The first-order valence-electron chi connectivity index (χ1n) is 5.64. The Balaban J connectivity index is 2.24. The van der Waals surface area contributed by atoms with Crippen LogP contribution in [0.3, 0.4) is 0 Å². The third-order valence-electron chi connectivity index (χ3n) is 2.92. The monoisotopic (exact) mass is 244 g/mol. The highest BCUT2D eigenvalue weighted by molar-refractivity contribution is 5.95. The molecule has 0 radical (unpaired) electrons. The Labute approximate surface area is 103 Å². The van der Waals surface area contributed by atoms with Crippen LogP contribution in [0.5, 0.6) is 5.75 Å². The van der Waals surface area contributed by atoms with E-state index in [4.69, 9.17) is 14.3 Å². The van der Waals surface area contributed by atoms with Crippen molar-refractivity contribution in [1.29, 1.82) is 0 Å². The highest BCUT2D eigenvalue weighted by Gasteiger charge is 2.24. The molecule has 92 valence electrons. The summed E-state index contributed by atoms with van der Waals surface area (Å²) in [5.41, 5.74) is 0.985. The average molecular weight is 244 g/mol. The SMILES string of the molecule is CC1(C)C=Cc2c(ccc3cc(C(=O)O)oc23)O1. The van der Waals surface area contributed by atoms with E-state index in [0.29, 0.717) is 11.3 Å². The number of fused-ring (bicyclic) bond motifs is 3. The number of rotatable bonds is 1. The first-order valence-corrected chi connectivity index (χ1v) is 5.64. The van der Waals surface area contributed by atoms with E-state index in [2.05, 4.69) is 0 Å². The van der Waals surface area contributed by atoms with Gasteiger partial charge in [0.1, 0.15) is 16.9 Å². The van der Waals surface area contributed by atoms with Gasteiger partial charge in [0.05, 0.1) is 5.56 Å². The summed E-state index contributed by atoms with van der Waals surface area (Å²) in [4.78, 5) is 10.9. The summed E-state index contributed by atoms with van der Waals surface area (Å²) in [5, 5.41) is 9.69. The number of carboxylic acids is 1. The van der Waals surface area contributed by atoms with E-state index < -0.39 is 5.97 Å². The van der Waals surface area contributed by atoms with Crippen LogP contribution in [0, 0.1) is 0 Å². The lowest BCUT2D eigenvalue weighted by Crippen LogP contribution is -2.27. The number of carboxylic acid groups (broad SMARTS) is 1. The van der Waals surface area contributed by atoms with Crippen molar-refractivity contribution in [1.82, 2.24) is 0 Å². The molecule has 2 heterocycles. The maximum absolute atomic E-state index is 10.9. The van der Waals surface area contributed by atoms with Gasteiger partial charge in [-0.1, -0.05) is 0 Å². The van der Waals surface area contributed by atoms with Crippen LogP contribution in [0.2, 0.25) is 0 Å². The van der Waals surface area contributed by atoms with Crippen LogP contribution in [0.4, 0.5) is 0 Å². The summed E-state index contributed by atoms with van der Waals surface area (Å²) in [6.45, 7) is 3.92. The minimum absolute atomic E-state index is 0.0587. The smallest absolute Gasteiger partial charge is 0.371 e. The fraction of sp³-hybridized carbons (Fsp3) is 0.214. The van der Waals surface area contributed by atoms with Crippen LogP contribution < -0.4 is 4.74 Å². The first kappa shape index (κ1) is 10.9. The largest absolute Gasteiger partial charge is 0.483 e. The van der Waals surface area contributed by atoms with Gasteiger partial charge in [0, 0.05) is 5.39 Å². The van der Waals surface area contributed by atoms with Crippen LogP contribution in [0.15, 0.2) is 28.7 Å². The van der Waals surface area contributed by atoms with E-state index in [9.17, 15) is 4.79 Å². The summed E-state index contributed by atoms with van der Waals surface area (Å²) < 4.78 is 11.2. The van der Waals surface area contributed by atoms with Gasteiger partial charge < -0.3 is 14.3 Å². The number of hydrogen-bond donors (Lipinski definition) is 1. The summed E-state index contributed by atoms with van der Waals surface area (Å²) in [6, 6.07) is 5.16. The quantitative estimate of drug-likeness (QED) is 0.836. The number of hydrogen-bond acceptors (Lipinski definition) is 3. The normalized spacial score (nSPS) is 16.3. The zero-order chi connectivity index (χ0) is 12.9. The van der Waals surface area contributed by atoms with Gasteiger partial charge >= 0.3 is 5.97 Å². The van der Waals surface area contributed by atoms with Crippen LogP contribution in [-0.2, 0) is 0 Å². The van der Waals surface area contributed by atoms with Crippen LogP contribution in [0.1, 0.15) is 30.0 Å². The van der Waals surface area contributed by atoms with Crippen molar-refractivity contribution in [2.24, 2.45) is 0 Å². The molecule has 1 aromatic heterocycles. The number of carbonyl (C=O) groups is 1. The number of furan rings is 1. The van der Waals surface area contributed by atoms with Gasteiger partial charge in [-0.3, -0.25) is 0 Å². The molecule has 18 heavy (non-hydrogen) atoms. The molecule has 1 aliphatic heterocycles. The van der Waals surface area contributed by atoms with Crippen molar-refractivity contribution in [3.8, 4) is 5.75 Å². The maximum Gasteiger partial charge on any atom is 0.371 e. The molecule has 0 atom stereocenters. The Kier molecular flexibility index (Phi) is 2.05. The van der Waals surface area contributed by atoms with Gasteiger partial charge in [-0.25, -0.2) is 4.79 Å². The predicted octanol–water partition coefficient (Wildman–Crippen LogP) is 3.32. The van der Waals surface area contributed by atoms with Crippen LogP contribution in [-0.4, -0.2) is 16.7 Å². The average Bonchev–Trinajstić information content (AvgIpc) is 2.71. The van der Waals surface area contributed by atoms with Crippen molar-refractivity contribution in [3.05, 3.63) is 35.6 Å². The Morgan fingerprint density at radius 3 is 2.83 bits per heavy atom. The van der Waals surface area contributed by atoms with E-state index in [0.717, 1.165) is 10.9 Å². The van der Waals surface area contributed by atoms with Gasteiger partial charge in [0.25, 0.3) is 0 Å². The minimum Gasteiger partial charge on any atom is -0.483 e. The molecule has 2 aromatic rings. The molecule has 4 heteroatoms. The predicted molar refractivity (Wildman–Crippen MR) is 66.9 cm³/mol. The van der Waals surface area contributed by atoms with Crippen molar-refractivity contribution >= 4 is 23.0 Å². The molecule has 1 aliphatic rings. The second kappa shape index (κ2) is 3.38. The highest BCUT2D eigenvalue weighted by Crippen LogP contribution is 2.37. The second-order valence-electron chi connectivity index (χ2n) is 4.85. The van der Waals surface area contributed by atoms with E-state index in [1.165, 1.54) is 6.07 Å². The molecule has 0 amide bonds. The topological polar surface area (TPSA) is 59.7 Å². The summed E-state index contributed by atoms with van der Waals surface area (Å²) in [7, 11) is 0. The summed E-state index contributed by atoms with van der Waals surface area (Å²) >= 11 is 0. The Morgan fingerprint density at radius 2 is 2.11 bits per heavy atom. The molecular weight excluding hydrogens is 232 g/mol. The summed E-state index contributed by atoms with van der Waals surface area (Å²) in [6.07, 6.45) is 3.84. The molecule has 0 saturated heterocycles. The molecule has 0 saturated carbocycles. The number of aromatic carboxylic acids is 1. The summed E-state index contributed by atoms with van der Waals surface area (Å²) in [5.74, 6) is -0.418. The molecule has 3 rings (SSSR count). The molecule has 0 spiro atoms. The van der Waals surface area contributed by atoms with Crippen LogP contribution >= 0.6 is 0 Å². The Morgan fingerprint density at radius 1 is 1.33 bits per heavy atom. The van der Waals surface area contributed by atoms with E-state index in [1.54, 1.807) is 6.07 Å². The fourth-order valence-corrected chi connectivity index (χ4v) is 2.06. The van der Waals surface area contributed by atoms with Crippen LogP contribution in [0.25, 0.3) is 17.0 Å². The number of benzene rings is 1. The van der Waals surface area contributed by atoms with E-state index in [-0.39, 0.29) is 11.4 Å². The molecule has 0 fully saturated rings. The third kappa shape index (κ3) is 1.57. The van der Waals surface area contributed by atoms with Gasteiger partial charge in [0.2, 0.25) is 5.76 Å². The van der Waals surface area contributed by atoms with E-state index in [1.807, 2.05) is 32.1 Å². The van der Waals surface area contributed by atoms with Gasteiger partial charge in [-0.2, -0.15) is 0 Å². The first-order chi connectivity index (χ1) is 8.46. The molecular formula is C14H12O4. The lowest BCUT2D eigenvalue weighted by Gasteiger charge is -2.27. The maximum atomic E-state index is 10.9. The molecule has 0 unspecified atom stereocenters. The van der Waals surface area contributed by atoms with E-state index >= 15 is 0 Å². The molecule has 1 N–H and O–H groups in total. The number of ether oxygens (including phenoxy) is 1. The van der Waals surface area contributed by atoms with Crippen molar-refractivity contribution in [3.63, 3.8) is 0 Å². The van der Waals surface area contributed by atoms with Crippen molar-refractivity contribution in [2.75, 3.05) is 0 Å². The lowest BCUT2D eigenvalue weighted by molar-refractivity contribution is 0.0665. The van der Waals surface area contributed by atoms with Gasteiger partial charge in [0.15, 0.2) is 0 Å². The zero-order valence-electron chi connectivity index (χ0n) is 10.1. The second-order valence-corrected chi connectivity index (χ2v) is 4.85. The Bertz CT molecular complexity index is 676. The standard InChI is InChI=1S/C14H12O4/c1-14(2)6-5-9-10(18-14)4-3-8-7-11(13(15)16)17-12(8)9/h3-7H,1-2H3,(H,15,16). The minimum atomic E-state index is -1.07.